The Balaban J connectivity index is 2.79. The van der Waals surface area contributed by atoms with E-state index in [0.717, 1.165) is 5.69 Å². The van der Waals surface area contributed by atoms with Gasteiger partial charge in [-0.15, -0.1) is 0 Å². The van der Waals surface area contributed by atoms with Crippen molar-refractivity contribution in [3.8, 4) is 0 Å². The summed E-state index contributed by atoms with van der Waals surface area (Å²) in [4.78, 5) is 5.14. The summed E-state index contributed by atoms with van der Waals surface area (Å²) in [5.41, 5.74) is 0.757. The van der Waals surface area contributed by atoms with E-state index < -0.39 is 10.1 Å². The van der Waals surface area contributed by atoms with Crippen molar-refractivity contribution >= 4 is 26.6 Å². The lowest BCUT2D eigenvalue weighted by Crippen LogP contribution is -2.21. The number of anilines is 1. The van der Waals surface area contributed by atoms with Crippen LogP contribution in [0.4, 0.5) is 5.69 Å². The Labute approximate surface area is 112 Å². The van der Waals surface area contributed by atoms with Crippen molar-refractivity contribution < 1.29 is 17.8 Å². The van der Waals surface area contributed by atoms with E-state index in [2.05, 4.69) is 0 Å². The van der Waals surface area contributed by atoms with Crippen LogP contribution in [0, 0.1) is 0 Å². The van der Waals surface area contributed by atoms with Crippen molar-refractivity contribution in [1.82, 2.24) is 0 Å². The van der Waals surface area contributed by atoms with E-state index in [1.165, 1.54) is 6.07 Å². The molecule has 19 heavy (non-hydrogen) atoms. The van der Waals surface area contributed by atoms with Crippen molar-refractivity contribution in [3.05, 3.63) is 36.4 Å². The fourth-order valence-electron chi connectivity index (χ4n) is 2.10. The molecular weight excluding hydrogens is 266 g/mol. The topological polar surface area (TPSA) is 66.8 Å². The Morgan fingerprint density at radius 2 is 1.79 bits per heavy atom. The molecule has 6 heteroatoms. The molecule has 0 saturated heterocycles. The van der Waals surface area contributed by atoms with Crippen LogP contribution in [0.2, 0.25) is 0 Å². The Kier molecular flexibility index (Phi) is 3.75. The monoisotopic (exact) mass is 281 g/mol. The maximum Gasteiger partial charge on any atom is 0.295 e. The summed E-state index contributed by atoms with van der Waals surface area (Å²) in [7, 11) is -2.69. The van der Waals surface area contributed by atoms with Gasteiger partial charge in [0, 0.05) is 17.3 Å². The van der Waals surface area contributed by atoms with Crippen LogP contribution in [0.15, 0.2) is 41.3 Å². The first-order valence-electron chi connectivity index (χ1n) is 5.80. The number of hydrogen-bond donors (Lipinski definition) is 1. The predicted molar refractivity (Wildman–Crippen MR) is 73.8 cm³/mol. The van der Waals surface area contributed by atoms with Gasteiger partial charge in [0.05, 0.1) is 12.8 Å². The highest BCUT2D eigenvalue weighted by Crippen LogP contribution is 2.31. The molecule has 0 fully saturated rings. The van der Waals surface area contributed by atoms with Crippen molar-refractivity contribution in [2.75, 3.05) is 18.7 Å². The van der Waals surface area contributed by atoms with Crippen molar-refractivity contribution in [3.63, 3.8) is 0 Å². The van der Waals surface area contributed by atoms with Crippen LogP contribution in [-0.4, -0.2) is 26.6 Å². The zero-order valence-corrected chi connectivity index (χ0v) is 11.5. The second-order valence-corrected chi connectivity index (χ2v) is 5.37. The third-order valence-corrected chi connectivity index (χ3v) is 3.83. The van der Waals surface area contributed by atoms with Gasteiger partial charge < -0.3 is 0 Å². The van der Waals surface area contributed by atoms with E-state index in [-0.39, 0.29) is 4.90 Å². The lowest BCUT2D eigenvalue weighted by molar-refractivity contribution is 0.171. The highest BCUT2D eigenvalue weighted by Gasteiger charge is 2.17. The van der Waals surface area contributed by atoms with E-state index in [9.17, 15) is 13.0 Å². The van der Waals surface area contributed by atoms with Crippen molar-refractivity contribution in [1.29, 1.82) is 0 Å². The van der Waals surface area contributed by atoms with Gasteiger partial charge in [0.2, 0.25) is 0 Å². The van der Waals surface area contributed by atoms with Gasteiger partial charge in [-0.3, -0.25) is 14.5 Å². The molecular formula is C13H15NO4S. The first-order chi connectivity index (χ1) is 8.99. The van der Waals surface area contributed by atoms with Crippen molar-refractivity contribution in [2.24, 2.45) is 0 Å². The normalized spacial score (nSPS) is 11.7. The third kappa shape index (κ3) is 2.56. The zero-order chi connectivity index (χ0) is 14.0. The first-order valence-corrected chi connectivity index (χ1v) is 7.24. The lowest BCUT2D eigenvalue weighted by atomic mass is 10.1. The van der Waals surface area contributed by atoms with Gasteiger partial charge in [-0.25, -0.2) is 0 Å². The number of benzene rings is 2. The Bertz CT molecular complexity index is 693. The van der Waals surface area contributed by atoms with E-state index in [1.54, 1.807) is 36.4 Å². The van der Waals surface area contributed by atoms with Gasteiger partial charge >= 0.3 is 0 Å². The maximum absolute atomic E-state index is 11.4. The molecule has 5 nitrogen and oxygen atoms in total. The Morgan fingerprint density at radius 3 is 2.32 bits per heavy atom. The molecule has 0 aliphatic carbocycles. The van der Waals surface area contributed by atoms with Crippen LogP contribution in [0.1, 0.15) is 6.92 Å². The SMILES string of the molecule is CCN(OC)c1ccc(S(=O)(=O)O)c2ccccc12. The fraction of sp³-hybridized carbons (Fsp3) is 0.231. The van der Waals surface area contributed by atoms with Gasteiger partial charge in [-0.05, 0) is 19.1 Å². The average Bonchev–Trinajstić information content (AvgIpc) is 2.39. The van der Waals surface area contributed by atoms with Gasteiger partial charge in [0.1, 0.15) is 4.90 Å². The molecule has 102 valence electrons. The first kappa shape index (κ1) is 13.8. The van der Waals surface area contributed by atoms with E-state index in [1.807, 2.05) is 13.0 Å². The van der Waals surface area contributed by atoms with Gasteiger partial charge in [0.15, 0.2) is 0 Å². The number of nitrogens with zero attached hydrogens (tertiary/aromatic N) is 1. The second-order valence-electron chi connectivity index (χ2n) is 3.98. The zero-order valence-electron chi connectivity index (χ0n) is 10.7. The number of rotatable bonds is 4. The number of fused-ring (bicyclic) bond motifs is 1. The molecule has 0 aliphatic rings. The minimum atomic E-state index is -4.24. The van der Waals surface area contributed by atoms with Crippen LogP contribution < -0.4 is 5.06 Å². The molecule has 2 aromatic rings. The lowest BCUT2D eigenvalue weighted by Gasteiger charge is -2.22. The molecule has 0 aromatic heterocycles. The second kappa shape index (κ2) is 5.16. The predicted octanol–water partition coefficient (Wildman–Crippen LogP) is 2.47. The van der Waals surface area contributed by atoms with Crippen LogP contribution in [0.3, 0.4) is 0 Å². The highest BCUT2D eigenvalue weighted by molar-refractivity contribution is 7.86. The number of hydrogen-bond acceptors (Lipinski definition) is 4. The van der Waals surface area contributed by atoms with Crippen LogP contribution >= 0.6 is 0 Å². The van der Waals surface area contributed by atoms with E-state index >= 15 is 0 Å². The van der Waals surface area contributed by atoms with Crippen LogP contribution in [-0.2, 0) is 15.0 Å². The Hall–Kier alpha value is -1.63. The minimum absolute atomic E-state index is 0.0981. The maximum atomic E-state index is 11.4. The van der Waals surface area contributed by atoms with Gasteiger partial charge in [-0.1, -0.05) is 24.3 Å². The molecule has 0 spiro atoms. The van der Waals surface area contributed by atoms with E-state index in [0.29, 0.717) is 17.3 Å². The van der Waals surface area contributed by atoms with E-state index in [4.69, 9.17) is 4.84 Å². The summed E-state index contributed by atoms with van der Waals surface area (Å²) in [6, 6.07) is 9.99. The summed E-state index contributed by atoms with van der Waals surface area (Å²) >= 11 is 0. The van der Waals surface area contributed by atoms with Gasteiger partial charge in [-0.2, -0.15) is 8.42 Å². The summed E-state index contributed by atoms with van der Waals surface area (Å²) in [6.45, 7) is 2.54. The quantitative estimate of drug-likeness (QED) is 0.689. The minimum Gasteiger partial charge on any atom is -0.282 e. The highest BCUT2D eigenvalue weighted by atomic mass is 32.2. The summed E-state index contributed by atoms with van der Waals surface area (Å²) in [5.74, 6) is 0. The summed E-state index contributed by atoms with van der Waals surface area (Å²) < 4.78 is 32.0. The number of hydroxylamine groups is 1. The largest absolute Gasteiger partial charge is 0.295 e. The molecule has 0 amide bonds. The molecule has 0 atom stereocenters. The summed E-state index contributed by atoms with van der Waals surface area (Å²) in [5, 5.41) is 2.83. The molecule has 0 bridgehead atoms. The molecule has 0 aliphatic heterocycles. The van der Waals surface area contributed by atoms with Crippen LogP contribution in [0.25, 0.3) is 10.8 Å². The standard InChI is InChI=1S/C13H15NO4S/c1-3-14(18-2)12-8-9-13(19(15,16)17)11-7-5-4-6-10(11)12/h4-9H,3H2,1-2H3,(H,15,16,17). The molecule has 0 radical (unpaired) electrons. The Morgan fingerprint density at radius 1 is 1.16 bits per heavy atom. The van der Waals surface area contributed by atoms with Gasteiger partial charge in [0.25, 0.3) is 10.1 Å². The molecule has 2 rings (SSSR count). The average molecular weight is 281 g/mol. The molecule has 0 unspecified atom stereocenters. The smallest absolute Gasteiger partial charge is 0.282 e. The van der Waals surface area contributed by atoms with Crippen LogP contribution in [0.5, 0.6) is 0 Å². The third-order valence-electron chi connectivity index (χ3n) is 2.92. The fourth-order valence-corrected chi connectivity index (χ4v) is 2.79. The molecule has 0 saturated carbocycles. The van der Waals surface area contributed by atoms with Crippen molar-refractivity contribution in [2.45, 2.75) is 11.8 Å². The summed E-state index contributed by atoms with van der Waals surface area (Å²) in [6.07, 6.45) is 0. The molecule has 1 N–H and O–H groups in total. The molecule has 0 heterocycles. The molecule has 2 aromatic carbocycles.